The van der Waals surface area contributed by atoms with E-state index in [0.29, 0.717) is 11.4 Å². The van der Waals surface area contributed by atoms with Crippen molar-refractivity contribution in [2.24, 2.45) is 11.8 Å². The van der Waals surface area contributed by atoms with E-state index < -0.39 is 28.7 Å². The first kappa shape index (κ1) is 17.5. The number of carbonyl (C=O) groups is 2. The van der Waals surface area contributed by atoms with E-state index in [1.165, 1.54) is 19.3 Å². The maximum absolute atomic E-state index is 12.2. The molecule has 2 N–H and O–H groups in total. The normalized spacial score (nSPS) is 23.5. The average Bonchev–Trinajstić information content (AvgIpc) is 2.53. The van der Waals surface area contributed by atoms with E-state index in [1.807, 2.05) is 0 Å². The molecule has 24 heavy (non-hydrogen) atoms. The van der Waals surface area contributed by atoms with Crippen LogP contribution in [0.5, 0.6) is 0 Å². The quantitative estimate of drug-likeness (QED) is 0.456. The molecule has 0 bridgehead atoms. The van der Waals surface area contributed by atoms with E-state index >= 15 is 0 Å². The van der Waals surface area contributed by atoms with E-state index in [9.17, 15) is 24.8 Å². The van der Waals surface area contributed by atoms with Crippen LogP contribution in [0.1, 0.15) is 20.3 Å². The Morgan fingerprint density at radius 2 is 1.96 bits per heavy atom. The van der Waals surface area contributed by atoms with Gasteiger partial charge >= 0.3 is 11.9 Å². The molecule has 8 heteroatoms. The summed E-state index contributed by atoms with van der Waals surface area (Å²) in [6.07, 6.45) is 4.62. The number of nitrogens with zero attached hydrogens (tertiary/aromatic N) is 1. The van der Waals surface area contributed by atoms with Crippen molar-refractivity contribution in [2.45, 2.75) is 20.3 Å². The number of carboxylic acids is 1. The molecule has 1 aliphatic heterocycles. The first-order chi connectivity index (χ1) is 11.3. The summed E-state index contributed by atoms with van der Waals surface area (Å²) in [7, 11) is 1.21. The SMILES string of the molecule is COC(=O)C1=C(C)NC(C)=C(C(=O)O)C1C1C=CC=C([N+](=O)[O-])C1. The molecule has 0 aromatic carbocycles. The molecule has 2 atom stereocenters. The summed E-state index contributed by atoms with van der Waals surface area (Å²) < 4.78 is 4.79. The number of dihydropyridines is 1. The van der Waals surface area contributed by atoms with Crippen LogP contribution in [0.15, 0.2) is 46.5 Å². The van der Waals surface area contributed by atoms with Crippen LogP contribution in [0.25, 0.3) is 0 Å². The minimum atomic E-state index is -1.18. The highest BCUT2D eigenvalue weighted by Gasteiger charge is 2.41. The Hall–Kier alpha value is -2.90. The Bertz CT molecular complexity index is 729. The standard InChI is InChI=1S/C16H18N2O6/c1-8-12(15(19)20)14(13(9(2)17-8)16(21)24-3)10-5-4-6-11(7-10)18(22)23/h4-6,10,14,17H,7H2,1-3H3,(H,19,20). The third-order valence-corrected chi connectivity index (χ3v) is 4.20. The number of carbonyl (C=O) groups excluding carboxylic acids is 1. The second kappa shape index (κ2) is 6.69. The Morgan fingerprint density at radius 1 is 1.33 bits per heavy atom. The number of allylic oxidation sites excluding steroid dienone is 6. The highest BCUT2D eigenvalue weighted by atomic mass is 16.6. The van der Waals surface area contributed by atoms with Crippen LogP contribution in [-0.2, 0) is 14.3 Å². The number of esters is 1. The third kappa shape index (κ3) is 3.08. The molecule has 0 aromatic rings. The number of rotatable bonds is 4. The van der Waals surface area contributed by atoms with Gasteiger partial charge in [-0.3, -0.25) is 10.1 Å². The van der Waals surface area contributed by atoms with E-state index in [2.05, 4.69) is 5.32 Å². The predicted octanol–water partition coefficient (Wildman–Crippen LogP) is 1.75. The Labute approximate surface area is 138 Å². The lowest BCUT2D eigenvalue weighted by atomic mass is 9.73. The van der Waals surface area contributed by atoms with Crippen molar-refractivity contribution in [3.05, 3.63) is 56.6 Å². The number of aliphatic carboxylic acids is 1. The van der Waals surface area contributed by atoms with Gasteiger partial charge in [-0.2, -0.15) is 0 Å². The summed E-state index contributed by atoms with van der Waals surface area (Å²) >= 11 is 0. The molecule has 0 amide bonds. The van der Waals surface area contributed by atoms with Crippen LogP contribution in [-0.4, -0.2) is 29.1 Å². The lowest BCUT2D eigenvalue weighted by Gasteiger charge is -2.33. The molecular weight excluding hydrogens is 316 g/mol. The number of hydrogen-bond donors (Lipinski definition) is 2. The van der Waals surface area contributed by atoms with Crippen LogP contribution in [0, 0.1) is 22.0 Å². The molecule has 2 rings (SSSR count). The van der Waals surface area contributed by atoms with Gasteiger partial charge in [0, 0.05) is 29.8 Å². The Kier molecular flexibility index (Phi) is 4.87. The summed E-state index contributed by atoms with van der Waals surface area (Å²) in [5.74, 6) is -3.18. The fourth-order valence-electron chi connectivity index (χ4n) is 3.19. The lowest BCUT2D eigenvalue weighted by Crippen LogP contribution is -2.36. The summed E-state index contributed by atoms with van der Waals surface area (Å²) in [6.45, 7) is 3.25. The molecule has 1 aliphatic carbocycles. The van der Waals surface area contributed by atoms with Gasteiger partial charge in [-0.15, -0.1) is 0 Å². The van der Waals surface area contributed by atoms with E-state index in [4.69, 9.17) is 4.74 Å². The first-order valence-corrected chi connectivity index (χ1v) is 7.29. The molecule has 0 saturated carbocycles. The molecule has 0 saturated heterocycles. The molecule has 128 valence electrons. The van der Waals surface area contributed by atoms with Crippen molar-refractivity contribution in [3.63, 3.8) is 0 Å². The van der Waals surface area contributed by atoms with Gasteiger partial charge in [0.25, 0.3) is 0 Å². The summed E-state index contributed by atoms with van der Waals surface area (Å²) in [4.78, 5) is 34.5. The van der Waals surface area contributed by atoms with Crippen LogP contribution in [0.4, 0.5) is 0 Å². The smallest absolute Gasteiger partial charge is 0.336 e. The molecular formula is C16H18N2O6. The van der Waals surface area contributed by atoms with Gasteiger partial charge in [0.2, 0.25) is 5.70 Å². The van der Waals surface area contributed by atoms with Crippen LogP contribution >= 0.6 is 0 Å². The third-order valence-electron chi connectivity index (χ3n) is 4.20. The molecule has 0 aromatic heterocycles. The van der Waals surface area contributed by atoms with Gasteiger partial charge in [0.05, 0.1) is 23.2 Å². The zero-order valence-electron chi connectivity index (χ0n) is 13.5. The molecule has 2 unspecified atom stereocenters. The first-order valence-electron chi connectivity index (χ1n) is 7.29. The zero-order chi connectivity index (χ0) is 18.0. The van der Waals surface area contributed by atoms with Gasteiger partial charge in [0.1, 0.15) is 0 Å². The minimum absolute atomic E-state index is 0.0141. The molecule has 8 nitrogen and oxygen atoms in total. The summed E-state index contributed by atoms with van der Waals surface area (Å²) in [5.41, 5.74) is 1.06. The highest BCUT2D eigenvalue weighted by Crippen LogP contribution is 2.40. The fourth-order valence-corrected chi connectivity index (χ4v) is 3.19. The number of hydrogen-bond acceptors (Lipinski definition) is 6. The van der Waals surface area contributed by atoms with Gasteiger partial charge in [-0.05, 0) is 19.8 Å². The molecule has 1 heterocycles. The van der Waals surface area contributed by atoms with Gasteiger partial charge in [0.15, 0.2) is 0 Å². The van der Waals surface area contributed by atoms with E-state index in [0.717, 1.165) is 0 Å². The predicted molar refractivity (Wildman–Crippen MR) is 84.0 cm³/mol. The van der Waals surface area contributed by atoms with Gasteiger partial charge in [-0.1, -0.05) is 12.2 Å². The fraction of sp³-hybridized carbons (Fsp3) is 0.375. The van der Waals surface area contributed by atoms with Crippen molar-refractivity contribution in [1.29, 1.82) is 0 Å². The number of ether oxygens (including phenoxy) is 1. The highest BCUT2D eigenvalue weighted by molar-refractivity contribution is 5.97. The number of carboxylic acid groups (broad SMARTS) is 1. The molecule has 2 aliphatic rings. The van der Waals surface area contributed by atoms with E-state index in [-0.39, 0.29) is 23.3 Å². The number of nitro groups is 1. The largest absolute Gasteiger partial charge is 0.478 e. The van der Waals surface area contributed by atoms with Crippen molar-refractivity contribution < 1.29 is 24.4 Å². The van der Waals surface area contributed by atoms with Crippen LogP contribution in [0.3, 0.4) is 0 Å². The van der Waals surface area contributed by atoms with Crippen molar-refractivity contribution in [1.82, 2.24) is 5.32 Å². The topological polar surface area (TPSA) is 119 Å². The lowest BCUT2D eigenvalue weighted by molar-refractivity contribution is -0.429. The van der Waals surface area contributed by atoms with Gasteiger partial charge in [-0.25, -0.2) is 9.59 Å². The second-order valence-corrected chi connectivity index (χ2v) is 5.64. The molecule has 0 fully saturated rings. The van der Waals surface area contributed by atoms with Crippen molar-refractivity contribution in [3.8, 4) is 0 Å². The average molecular weight is 334 g/mol. The monoisotopic (exact) mass is 334 g/mol. The van der Waals surface area contributed by atoms with Gasteiger partial charge < -0.3 is 15.2 Å². The van der Waals surface area contributed by atoms with Crippen LogP contribution < -0.4 is 5.32 Å². The van der Waals surface area contributed by atoms with Crippen molar-refractivity contribution in [2.75, 3.05) is 7.11 Å². The Balaban J connectivity index is 2.54. The molecule has 0 spiro atoms. The van der Waals surface area contributed by atoms with Crippen molar-refractivity contribution >= 4 is 11.9 Å². The summed E-state index contributed by atoms with van der Waals surface area (Å²) in [6, 6.07) is 0. The number of nitrogens with one attached hydrogen (secondary N) is 1. The zero-order valence-corrected chi connectivity index (χ0v) is 13.5. The van der Waals surface area contributed by atoms with E-state index in [1.54, 1.807) is 19.9 Å². The maximum atomic E-state index is 12.2. The number of methoxy groups -OCH3 is 1. The van der Waals surface area contributed by atoms with Crippen LogP contribution in [0.2, 0.25) is 0 Å². The molecule has 0 radical (unpaired) electrons. The second-order valence-electron chi connectivity index (χ2n) is 5.64. The Morgan fingerprint density at radius 3 is 2.50 bits per heavy atom. The summed E-state index contributed by atoms with van der Waals surface area (Å²) in [5, 5.41) is 23.5. The minimum Gasteiger partial charge on any atom is -0.478 e. The maximum Gasteiger partial charge on any atom is 0.336 e.